The second-order valence-electron chi connectivity index (χ2n) is 3.01. The first-order valence-electron chi connectivity index (χ1n) is 4.40. The predicted octanol–water partition coefficient (Wildman–Crippen LogP) is 2.47. The van der Waals surface area contributed by atoms with Crippen molar-refractivity contribution in [1.82, 2.24) is 4.98 Å². The molecule has 0 fully saturated rings. The van der Waals surface area contributed by atoms with Crippen LogP contribution >= 0.6 is 11.3 Å². The highest BCUT2D eigenvalue weighted by atomic mass is 32.1. The van der Waals surface area contributed by atoms with E-state index in [-0.39, 0.29) is 5.78 Å². The van der Waals surface area contributed by atoms with Gasteiger partial charge in [-0.3, -0.25) is 4.79 Å². The number of fused-ring (bicyclic) bond motifs is 1. The van der Waals surface area contributed by atoms with Crippen LogP contribution in [0.15, 0.2) is 18.2 Å². The lowest BCUT2D eigenvalue weighted by atomic mass is 10.1. The number of hydrogen-bond donors (Lipinski definition) is 1. The smallest absolute Gasteiger partial charge is 0.181 e. The number of benzene rings is 1. The molecule has 0 bridgehead atoms. The zero-order chi connectivity index (χ0) is 10.1. The Morgan fingerprint density at radius 1 is 1.57 bits per heavy atom. The van der Waals surface area contributed by atoms with Gasteiger partial charge in [-0.2, -0.15) is 0 Å². The number of anilines is 1. The highest BCUT2D eigenvalue weighted by Gasteiger charge is 2.06. The molecule has 0 aliphatic rings. The van der Waals surface area contributed by atoms with Crippen molar-refractivity contribution in [2.24, 2.45) is 0 Å². The van der Waals surface area contributed by atoms with Crippen molar-refractivity contribution < 1.29 is 4.79 Å². The van der Waals surface area contributed by atoms with Crippen LogP contribution in [0.5, 0.6) is 0 Å². The van der Waals surface area contributed by atoms with Gasteiger partial charge in [-0.25, -0.2) is 4.98 Å². The molecule has 1 aromatic carbocycles. The minimum absolute atomic E-state index is 0.137. The second-order valence-corrected chi connectivity index (χ2v) is 4.07. The first-order valence-corrected chi connectivity index (χ1v) is 5.21. The molecular weight excluding hydrogens is 196 g/mol. The van der Waals surface area contributed by atoms with E-state index >= 15 is 0 Å². The molecule has 2 rings (SSSR count). The third-order valence-electron chi connectivity index (χ3n) is 2.05. The monoisotopic (exact) mass is 206 g/mol. The van der Waals surface area contributed by atoms with Crippen LogP contribution in [0, 0.1) is 0 Å². The van der Waals surface area contributed by atoms with Gasteiger partial charge >= 0.3 is 0 Å². The second kappa shape index (κ2) is 3.38. The lowest BCUT2D eigenvalue weighted by Gasteiger charge is -1.96. The van der Waals surface area contributed by atoms with E-state index in [9.17, 15) is 4.79 Å². The number of rotatable bonds is 2. The van der Waals surface area contributed by atoms with Crippen LogP contribution in [0.25, 0.3) is 10.2 Å². The zero-order valence-electron chi connectivity index (χ0n) is 7.78. The van der Waals surface area contributed by atoms with Gasteiger partial charge in [0.25, 0.3) is 0 Å². The van der Waals surface area contributed by atoms with E-state index in [0.717, 1.165) is 10.2 Å². The molecule has 2 N–H and O–H groups in total. The Kier molecular flexibility index (Phi) is 2.21. The summed E-state index contributed by atoms with van der Waals surface area (Å²) in [5.41, 5.74) is 7.10. The standard InChI is InChI=1S/C10H10N2OS/c1-2-8(13)6-3-4-9-7(5-6)12-10(11)14-9/h3-5H,2H2,1H3,(H2,11,12). The molecule has 0 spiro atoms. The van der Waals surface area contributed by atoms with Crippen LogP contribution in [0.2, 0.25) is 0 Å². The molecule has 1 heterocycles. The molecule has 0 amide bonds. The summed E-state index contributed by atoms with van der Waals surface area (Å²) >= 11 is 1.44. The molecule has 1 aromatic heterocycles. The summed E-state index contributed by atoms with van der Waals surface area (Å²) < 4.78 is 1.02. The maximum atomic E-state index is 11.4. The van der Waals surface area contributed by atoms with Crippen LogP contribution in [0.3, 0.4) is 0 Å². The van der Waals surface area contributed by atoms with Crippen molar-refractivity contribution in [3.05, 3.63) is 23.8 Å². The summed E-state index contributed by atoms with van der Waals surface area (Å²) in [5.74, 6) is 0.137. The van der Waals surface area contributed by atoms with Crippen molar-refractivity contribution in [2.45, 2.75) is 13.3 Å². The Hall–Kier alpha value is -1.42. The first kappa shape index (κ1) is 9.15. The molecule has 0 atom stereocenters. The highest BCUT2D eigenvalue weighted by molar-refractivity contribution is 7.22. The Morgan fingerprint density at radius 3 is 3.07 bits per heavy atom. The first-order chi connectivity index (χ1) is 6.70. The number of Topliss-reactive ketones (excluding diaryl/α,β-unsaturated/α-hetero) is 1. The van der Waals surface area contributed by atoms with E-state index in [2.05, 4.69) is 4.98 Å². The number of thiazole rings is 1. The average molecular weight is 206 g/mol. The molecule has 14 heavy (non-hydrogen) atoms. The third kappa shape index (κ3) is 1.48. The van der Waals surface area contributed by atoms with E-state index < -0.39 is 0 Å². The Bertz CT molecular complexity index is 490. The number of nitrogens with two attached hydrogens (primary N) is 1. The minimum atomic E-state index is 0.137. The summed E-state index contributed by atoms with van der Waals surface area (Å²) in [6.07, 6.45) is 0.519. The number of carbonyl (C=O) groups excluding carboxylic acids is 1. The third-order valence-corrected chi connectivity index (χ3v) is 2.91. The largest absolute Gasteiger partial charge is 0.375 e. The summed E-state index contributed by atoms with van der Waals surface area (Å²) in [6.45, 7) is 1.85. The maximum absolute atomic E-state index is 11.4. The number of aromatic nitrogens is 1. The van der Waals surface area contributed by atoms with E-state index in [1.807, 2.05) is 19.1 Å². The molecule has 2 aromatic rings. The number of nitrogen functional groups attached to an aromatic ring is 1. The quantitative estimate of drug-likeness (QED) is 0.768. The van der Waals surface area contributed by atoms with Crippen molar-refractivity contribution in [1.29, 1.82) is 0 Å². The molecule has 72 valence electrons. The molecule has 3 nitrogen and oxygen atoms in total. The maximum Gasteiger partial charge on any atom is 0.181 e. The lowest BCUT2D eigenvalue weighted by Crippen LogP contribution is -1.95. The van der Waals surface area contributed by atoms with Gasteiger partial charge in [0.05, 0.1) is 10.2 Å². The van der Waals surface area contributed by atoms with E-state index in [0.29, 0.717) is 17.1 Å². The molecule has 4 heteroatoms. The molecule has 0 aliphatic carbocycles. The van der Waals surface area contributed by atoms with Crippen molar-refractivity contribution in [2.75, 3.05) is 5.73 Å². The number of ketones is 1. The molecule has 0 saturated heterocycles. The van der Waals surface area contributed by atoms with E-state index in [4.69, 9.17) is 5.73 Å². The van der Waals surface area contributed by atoms with Gasteiger partial charge in [0, 0.05) is 12.0 Å². The zero-order valence-corrected chi connectivity index (χ0v) is 8.60. The SMILES string of the molecule is CCC(=O)c1ccc2sc(N)nc2c1. The number of hydrogen-bond acceptors (Lipinski definition) is 4. The summed E-state index contributed by atoms with van der Waals surface area (Å²) in [4.78, 5) is 15.5. The van der Waals surface area contributed by atoms with Crippen molar-refractivity contribution >= 4 is 32.5 Å². The van der Waals surface area contributed by atoms with Crippen LogP contribution in [0.4, 0.5) is 5.13 Å². The van der Waals surface area contributed by atoms with Gasteiger partial charge < -0.3 is 5.73 Å². The summed E-state index contributed by atoms with van der Waals surface area (Å²) in [6, 6.07) is 5.52. The topological polar surface area (TPSA) is 56.0 Å². The van der Waals surface area contributed by atoms with Gasteiger partial charge in [-0.15, -0.1) is 0 Å². The summed E-state index contributed by atoms with van der Waals surface area (Å²) in [7, 11) is 0. The normalized spacial score (nSPS) is 10.6. The van der Waals surface area contributed by atoms with E-state index in [1.54, 1.807) is 6.07 Å². The fourth-order valence-corrected chi connectivity index (χ4v) is 2.04. The molecule has 0 aliphatic heterocycles. The Morgan fingerprint density at radius 2 is 2.36 bits per heavy atom. The molecule has 0 saturated carbocycles. The Labute approximate surface area is 85.6 Å². The Balaban J connectivity index is 2.55. The molecule has 0 radical (unpaired) electrons. The van der Waals surface area contributed by atoms with Gasteiger partial charge in [0.15, 0.2) is 10.9 Å². The van der Waals surface area contributed by atoms with Crippen LogP contribution in [-0.2, 0) is 0 Å². The van der Waals surface area contributed by atoms with Crippen molar-refractivity contribution in [3.63, 3.8) is 0 Å². The fraction of sp³-hybridized carbons (Fsp3) is 0.200. The molecule has 0 unspecified atom stereocenters. The van der Waals surface area contributed by atoms with Gasteiger partial charge in [0.1, 0.15) is 0 Å². The molecular formula is C10H10N2OS. The number of nitrogens with zero attached hydrogens (tertiary/aromatic N) is 1. The van der Waals surface area contributed by atoms with Crippen LogP contribution in [0.1, 0.15) is 23.7 Å². The van der Waals surface area contributed by atoms with Gasteiger partial charge in [-0.1, -0.05) is 18.3 Å². The minimum Gasteiger partial charge on any atom is -0.375 e. The van der Waals surface area contributed by atoms with Gasteiger partial charge in [0.2, 0.25) is 0 Å². The highest BCUT2D eigenvalue weighted by Crippen LogP contribution is 2.24. The predicted molar refractivity (Wildman–Crippen MR) is 58.7 cm³/mol. The van der Waals surface area contributed by atoms with Gasteiger partial charge in [-0.05, 0) is 18.2 Å². The van der Waals surface area contributed by atoms with Crippen LogP contribution in [-0.4, -0.2) is 10.8 Å². The van der Waals surface area contributed by atoms with Crippen molar-refractivity contribution in [3.8, 4) is 0 Å². The van der Waals surface area contributed by atoms with E-state index in [1.165, 1.54) is 11.3 Å². The summed E-state index contributed by atoms with van der Waals surface area (Å²) in [5, 5.41) is 0.543. The fourth-order valence-electron chi connectivity index (χ4n) is 1.32. The lowest BCUT2D eigenvalue weighted by molar-refractivity contribution is 0.0988. The van der Waals surface area contributed by atoms with Crippen LogP contribution < -0.4 is 5.73 Å². The number of carbonyl (C=O) groups is 1. The average Bonchev–Trinajstić information content (AvgIpc) is 2.55.